The summed E-state index contributed by atoms with van der Waals surface area (Å²) >= 11 is 3.27. The summed E-state index contributed by atoms with van der Waals surface area (Å²) in [5.41, 5.74) is 2.88. The molecule has 0 fully saturated rings. The van der Waals surface area contributed by atoms with Crippen LogP contribution in [0.3, 0.4) is 0 Å². The van der Waals surface area contributed by atoms with Gasteiger partial charge in [0, 0.05) is 11.4 Å². The number of nitrogens with one attached hydrogen (secondary N) is 1. The van der Waals surface area contributed by atoms with Crippen LogP contribution in [0.15, 0.2) is 22.7 Å². The second-order valence-corrected chi connectivity index (χ2v) is 3.74. The summed E-state index contributed by atoms with van der Waals surface area (Å²) in [7, 11) is 0. The van der Waals surface area contributed by atoms with Crippen LogP contribution in [0.5, 0.6) is 5.75 Å². The van der Waals surface area contributed by atoms with Gasteiger partial charge in [0.25, 0.3) is 0 Å². The van der Waals surface area contributed by atoms with Crippen LogP contribution >= 0.6 is 15.9 Å². The molecule has 0 spiro atoms. The molecule has 0 aliphatic carbocycles. The van der Waals surface area contributed by atoms with E-state index in [-0.39, 0.29) is 5.91 Å². The Bertz CT molecular complexity index is 329. The highest BCUT2D eigenvalue weighted by molar-refractivity contribution is 9.10. The van der Waals surface area contributed by atoms with Gasteiger partial charge in [0.15, 0.2) is 0 Å². The van der Waals surface area contributed by atoms with Gasteiger partial charge in [-0.25, -0.2) is 5.84 Å². The number of aromatic hydroxyl groups is 1. The largest absolute Gasteiger partial charge is 0.508 e. The van der Waals surface area contributed by atoms with Gasteiger partial charge in [-0.15, -0.1) is 0 Å². The number of aryl methyl sites for hydroxylation is 1. The summed E-state index contributed by atoms with van der Waals surface area (Å²) in [4.78, 5) is 9.58. The summed E-state index contributed by atoms with van der Waals surface area (Å²) in [6.45, 7) is 3.36. The summed E-state index contributed by atoms with van der Waals surface area (Å²) in [6, 6.07) is 5.55. The maximum absolute atomic E-state index is 9.58. The number of carbonyl (C=O) groups is 1. The number of carbonyl (C=O) groups excluding carboxylic acids is 1. The first-order chi connectivity index (χ1) is 7.01. The average molecular weight is 275 g/mol. The van der Waals surface area contributed by atoms with E-state index in [9.17, 15) is 9.90 Å². The van der Waals surface area contributed by atoms with E-state index in [1.54, 1.807) is 6.07 Å². The standard InChI is InChI=1S/C8H9BrO.C2H6N2O/c1-2-6-3-4-7(9)5-8(6)10;1-2(5)4-3/h3-5,10H,2H2,1H3;3H2,1H3,(H,4,5). The van der Waals surface area contributed by atoms with Gasteiger partial charge in [-0.3, -0.25) is 10.2 Å². The molecule has 0 radical (unpaired) electrons. The second kappa shape index (κ2) is 7.25. The van der Waals surface area contributed by atoms with Crippen molar-refractivity contribution in [1.82, 2.24) is 5.43 Å². The van der Waals surface area contributed by atoms with Gasteiger partial charge < -0.3 is 5.11 Å². The highest BCUT2D eigenvalue weighted by Crippen LogP contribution is 2.22. The Hall–Kier alpha value is -1.07. The fourth-order valence-corrected chi connectivity index (χ4v) is 1.18. The number of phenols is 1. The summed E-state index contributed by atoms with van der Waals surface area (Å²) in [5.74, 6) is 4.73. The minimum atomic E-state index is -0.218. The predicted octanol–water partition coefficient (Wildman–Crippen LogP) is 1.71. The van der Waals surface area contributed by atoms with Crippen molar-refractivity contribution in [2.75, 3.05) is 0 Å². The summed E-state index contributed by atoms with van der Waals surface area (Å²) < 4.78 is 0.919. The number of rotatable bonds is 1. The van der Waals surface area contributed by atoms with Gasteiger partial charge in [0.2, 0.25) is 5.91 Å². The molecule has 4 N–H and O–H groups in total. The first kappa shape index (κ1) is 13.9. The Labute approximate surface area is 97.6 Å². The second-order valence-electron chi connectivity index (χ2n) is 2.83. The Morgan fingerprint density at radius 2 is 2.13 bits per heavy atom. The summed E-state index contributed by atoms with van der Waals surface area (Å²) in [6.07, 6.45) is 0.874. The molecule has 1 amide bonds. The van der Waals surface area contributed by atoms with E-state index in [1.807, 2.05) is 24.5 Å². The first-order valence-corrected chi connectivity index (χ1v) is 5.25. The minimum absolute atomic E-state index is 0.218. The van der Waals surface area contributed by atoms with E-state index in [0.29, 0.717) is 5.75 Å². The van der Waals surface area contributed by atoms with E-state index >= 15 is 0 Å². The SMILES string of the molecule is CC(=O)NN.CCc1ccc(Br)cc1O. The lowest BCUT2D eigenvalue weighted by molar-refractivity contribution is -0.119. The molecule has 0 aliphatic heterocycles. The molecule has 4 nitrogen and oxygen atoms in total. The molecule has 0 heterocycles. The van der Waals surface area contributed by atoms with Crippen molar-refractivity contribution >= 4 is 21.8 Å². The van der Waals surface area contributed by atoms with Gasteiger partial charge in [0.1, 0.15) is 5.75 Å². The van der Waals surface area contributed by atoms with Crippen molar-refractivity contribution in [3.05, 3.63) is 28.2 Å². The lowest BCUT2D eigenvalue weighted by Crippen LogP contribution is -2.26. The Morgan fingerprint density at radius 1 is 1.60 bits per heavy atom. The van der Waals surface area contributed by atoms with Crippen LogP contribution in [0.2, 0.25) is 0 Å². The minimum Gasteiger partial charge on any atom is -0.508 e. The van der Waals surface area contributed by atoms with Gasteiger partial charge in [0.05, 0.1) is 0 Å². The molecule has 0 aromatic heterocycles. The average Bonchev–Trinajstić information content (AvgIpc) is 2.19. The smallest absolute Gasteiger partial charge is 0.230 e. The first-order valence-electron chi connectivity index (χ1n) is 4.45. The van der Waals surface area contributed by atoms with Crippen LogP contribution in [0.25, 0.3) is 0 Å². The third-order valence-electron chi connectivity index (χ3n) is 1.63. The molecule has 0 bridgehead atoms. The molecule has 5 heteroatoms. The Morgan fingerprint density at radius 3 is 2.47 bits per heavy atom. The van der Waals surface area contributed by atoms with Crippen molar-refractivity contribution in [2.45, 2.75) is 20.3 Å². The molecule has 84 valence electrons. The zero-order valence-electron chi connectivity index (χ0n) is 8.75. The van der Waals surface area contributed by atoms with Crippen LogP contribution in [0.1, 0.15) is 19.4 Å². The van der Waals surface area contributed by atoms with Crippen LogP contribution in [0.4, 0.5) is 0 Å². The van der Waals surface area contributed by atoms with Gasteiger partial charge in [-0.2, -0.15) is 0 Å². The highest BCUT2D eigenvalue weighted by Gasteiger charge is 1.96. The molecule has 0 aliphatic rings. The molecule has 1 aromatic rings. The molecule has 0 saturated heterocycles. The van der Waals surface area contributed by atoms with Crippen LogP contribution in [-0.2, 0) is 11.2 Å². The van der Waals surface area contributed by atoms with Crippen LogP contribution < -0.4 is 11.3 Å². The lowest BCUT2D eigenvalue weighted by Gasteiger charge is -1.99. The molecule has 1 aromatic carbocycles. The molecule has 1 rings (SSSR count). The number of hydrogen-bond donors (Lipinski definition) is 3. The number of halogens is 1. The number of amides is 1. The third kappa shape index (κ3) is 6.09. The van der Waals surface area contributed by atoms with Gasteiger partial charge in [-0.05, 0) is 24.1 Å². The topological polar surface area (TPSA) is 75.4 Å². The zero-order valence-corrected chi connectivity index (χ0v) is 10.3. The number of nitrogens with two attached hydrogens (primary N) is 1. The van der Waals surface area contributed by atoms with E-state index in [4.69, 9.17) is 0 Å². The van der Waals surface area contributed by atoms with Crippen LogP contribution in [-0.4, -0.2) is 11.0 Å². The zero-order chi connectivity index (χ0) is 11.8. The predicted molar refractivity (Wildman–Crippen MR) is 63.2 cm³/mol. The molecule has 0 atom stereocenters. The van der Waals surface area contributed by atoms with Crippen molar-refractivity contribution in [1.29, 1.82) is 0 Å². The molecule has 0 saturated carbocycles. The highest BCUT2D eigenvalue weighted by atomic mass is 79.9. The van der Waals surface area contributed by atoms with E-state index in [1.165, 1.54) is 6.92 Å². The van der Waals surface area contributed by atoms with Crippen molar-refractivity contribution in [2.24, 2.45) is 5.84 Å². The maximum Gasteiger partial charge on any atom is 0.230 e. The summed E-state index contributed by atoms with van der Waals surface area (Å²) in [5, 5.41) is 9.26. The Balaban J connectivity index is 0.000000336. The number of benzene rings is 1. The van der Waals surface area contributed by atoms with E-state index in [0.717, 1.165) is 16.5 Å². The van der Waals surface area contributed by atoms with Crippen molar-refractivity contribution < 1.29 is 9.90 Å². The Kier molecular flexibility index (Phi) is 6.73. The van der Waals surface area contributed by atoms with Crippen molar-refractivity contribution in [3.8, 4) is 5.75 Å². The maximum atomic E-state index is 9.58. The number of phenolic OH excluding ortho intramolecular Hbond substituents is 1. The normalized spacial score (nSPS) is 8.80. The fraction of sp³-hybridized carbons (Fsp3) is 0.300. The number of hydrogen-bond acceptors (Lipinski definition) is 3. The van der Waals surface area contributed by atoms with E-state index < -0.39 is 0 Å². The fourth-order valence-electron chi connectivity index (χ4n) is 0.836. The van der Waals surface area contributed by atoms with Crippen LogP contribution in [0, 0.1) is 0 Å². The molecular formula is C10H15BrN2O2. The van der Waals surface area contributed by atoms with Gasteiger partial charge in [-0.1, -0.05) is 28.9 Å². The monoisotopic (exact) mass is 274 g/mol. The lowest BCUT2D eigenvalue weighted by atomic mass is 10.1. The number of hydrazine groups is 1. The molecule has 0 unspecified atom stereocenters. The molecular weight excluding hydrogens is 260 g/mol. The van der Waals surface area contributed by atoms with Crippen molar-refractivity contribution in [3.63, 3.8) is 0 Å². The third-order valence-corrected chi connectivity index (χ3v) is 2.12. The van der Waals surface area contributed by atoms with E-state index in [2.05, 4.69) is 21.8 Å². The quantitative estimate of drug-likeness (QED) is 0.415. The molecule has 15 heavy (non-hydrogen) atoms. The van der Waals surface area contributed by atoms with Gasteiger partial charge >= 0.3 is 0 Å².